The zero-order valence-electron chi connectivity index (χ0n) is 7.04. The van der Waals surface area contributed by atoms with Crippen LogP contribution in [0.2, 0.25) is 0 Å². The lowest BCUT2D eigenvalue weighted by Crippen LogP contribution is -2.07. The third-order valence-corrected chi connectivity index (χ3v) is 2.88. The van der Waals surface area contributed by atoms with E-state index in [1.807, 2.05) is 0 Å². The van der Waals surface area contributed by atoms with Crippen LogP contribution in [0.4, 0.5) is 0 Å². The second kappa shape index (κ2) is 4.60. The number of hydrogen-bond donors (Lipinski definition) is 1. The van der Waals surface area contributed by atoms with Gasteiger partial charge in [0.05, 0.1) is 0 Å². The Morgan fingerprint density at radius 3 is 2.08 bits per heavy atom. The van der Waals surface area contributed by atoms with Gasteiger partial charge in [0.25, 0.3) is 10.1 Å². The van der Waals surface area contributed by atoms with Crippen LogP contribution in [-0.4, -0.2) is 13.0 Å². The summed E-state index contributed by atoms with van der Waals surface area (Å²) in [4.78, 5) is 0. The Hall–Kier alpha value is -0.580. The molecule has 74 valence electrons. The maximum absolute atomic E-state index is 10.7. The minimum absolute atomic E-state index is 0. The normalized spacial score (nSPS) is 13.1. The Kier molecular flexibility index (Phi) is 4.39. The van der Waals surface area contributed by atoms with Gasteiger partial charge in [0.1, 0.15) is 5.25 Å². The Morgan fingerprint density at radius 1 is 1.23 bits per heavy atom. The second-order valence-electron chi connectivity index (χ2n) is 2.57. The Balaban J connectivity index is 0.00000144. The summed E-state index contributed by atoms with van der Waals surface area (Å²) in [6.45, 7) is 1.45. The predicted octanol–water partition coefficient (Wildman–Crippen LogP) is 2.06. The van der Waals surface area contributed by atoms with Gasteiger partial charge in [-0.3, -0.25) is 4.55 Å². The van der Waals surface area contributed by atoms with Crippen molar-refractivity contribution in [1.82, 2.24) is 0 Å². The largest absolute Gasteiger partial charge is 0.285 e. The summed E-state index contributed by atoms with van der Waals surface area (Å²) in [5, 5.41) is -0.848. The molecule has 0 saturated heterocycles. The molecule has 0 aliphatic rings. The van der Waals surface area contributed by atoms with Gasteiger partial charge in [-0.25, -0.2) is 0 Å². The van der Waals surface area contributed by atoms with Gasteiger partial charge in [-0.2, -0.15) is 8.42 Å². The van der Waals surface area contributed by atoms with Crippen LogP contribution in [0, 0.1) is 0 Å². The first-order valence-corrected chi connectivity index (χ1v) is 5.03. The number of halogens is 1. The maximum atomic E-state index is 10.7. The molecule has 0 spiro atoms. The minimum Gasteiger partial charge on any atom is -0.285 e. The topological polar surface area (TPSA) is 54.4 Å². The molecular formula is C8H11ClO3S. The molecule has 0 radical (unpaired) electrons. The van der Waals surface area contributed by atoms with Crippen LogP contribution in [0.25, 0.3) is 0 Å². The zero-order valence-corrected chi connectivity index (χ0v) is 8.68. The molecule has 13 heavy (non-hydrogen) atoms. The van der Waals surface area contributed by atoms with Crippen LogP contribution in [0.15, 0.2) is 30.3 Å². The molecule has 0 aliphatic heterocycles. The zero-order chi connectivity index (χ0) is 9.19. The molecule has 1 unspecified atom stereocenters. The van der Waals surface area contributed by atoms with Crippen LogP contribution >= 0.6 is 12.4 Å². The molecule has 0 aromatic heterocycles. The van der Waals surface area contributed by atoms with Gasteiger partial charge < -0.3 is 0 Å². The van der Waals surface area contributed by atoms with Crippen LogP contribution in [0.5, 0.6) is 0 Å². The fraction of sp³-hybridized carbons (Fsp3) is 0.250. The fourth-order valence-corrected chi connectivity index (χ4v) is 1.40. The first-order chi connectivity index (χ1) is 5.52. The molecule has 0 aliphatic carbocycles. The lowest BCUT2D eigenvalue weighted by Gasteiger charge is -2.06. The van der Waals surface area contributed by atoms with E-state index in [0.29, 0.717) is 5.56 Å². The van der Waals surface area contributed by atoms with Crippen molar-refractivity contribution < 1.29 is 13.0 Å². The van der Waals surface area contributed by atoms with Crippen LogP contribution in [0.3, 0.4) is 0 Å². The number of hydrogen-bond acceptors (Lipinski definition) is 2. The third-order valence-electron chi connectivity index (χ3n) is 1.72. The summed E-state index contributed by atoms with van der Waals surface area (Å²) in [5.74, 6) is 0. The second-order valence-corrected chi connectivity index (χ2v) is 4.30. The lowest BCUT2D eigenvalue weighted by atomic mass is 10.2. The Morgan fingerprint density at radius 2 is 1.69 bits per heavy atom. The summed E-state index contributed by atoms with van der Waals surface area (Å²) in [6.07, 6.45) is 0. The van der Waals surface area contributed by atoms with Gasteiger partial charge in [0.2, 0.25) is 0 Å². The molecule has 5 heteroatoms. The first kappa shape index (κ1) is 12.4. The maximum Gasteiger partial charge on any atom is 0.271 e. The highest BCUT2D eigenvalue weighted by Crippen LogP contribution is 2.19. The molecule has 0 saturated carbocycles. The first-order valence-electron chi connectivity index (χ1n) is 3.53. The van der Waals surface area contributed by atoms with Gasteiger partial charge in [-0.05, 0) is 12.5 Å². The number of rotatable bonds is 2. The molecule has 1 atom stereocenters. The van der Waals surface area contributed by atoms with E-state index in [1.165, 1.54) is 6.92 Å². The van der Waals surface area contributed by atoms with Crippen molar-refractivity contribution in [2.45, 2.75) is 12.2 Å². The summed E-state index contributed by atoms with van der Waals surface area (Å²) < 4.78 is 30.1. The van der Waals surface area contributed by atoms with Gasteiger partial charge in [0, 0.05) is 0 Å². The number of benzene rings is 1. The lowest BCUT2D eigenvalue weighted by molar-refractivity contribution is 0.472. The van der Waals surface area contributed by atoms with E-state index in [1.54, 1.807) is 30.3 Å². The quantitative estimate of drug-likeness (QED) is 0.780. The highest BCUT2D eigenvalue weighted by atomic mass is 35.5. The molecule has 1 N–H and O–H groups in total. The average molecular weight is 223 g/mol. The van der Waals surface area contributed by atoms with Crippen molar-refractivity contribution in [2.75, 3.05) is 0 Å². The highest BCUT2D eigenvalue weighted by Gasteiger charge is 2.18. The molecule has 1 aromatic carbocycles. The van der Waals surface area contributed by atoms with Crippen molar-refractivity contribution in [3.63, 3.8) is 0 Å². The minimum atomic E-state index is -3.96. The van der Waals surface area contributed by atoms with Gasteiger partial charge >= 0.3 is 0 Å². The molecule has 1 rings (SSSR count). The van der Waals surface area contributed by atoms with Gasteiger partial charge in [-0.1, -0.05) is 30.3 Å². The molecular weight excluding hydrogens is 212 g/mol. The molecule has 0 bridgehead atoms. The molecule has 0 fully saturated rings. The van der Waals surface area contributed by atoms with E-state index >= 15 is 0 Å². The van der Waals surface area contributed by atoms with Crippen molar-refractivity contribution in [2.24, 2.45) is 0 Å². The standard InChI is InChI=1S/C8H10O3S.ClH/c1-7(12(9,10)11)8-5-3-2-4-6-8;/h2-7H,1H3,(H,9,10,11);1H. The van der Waals surface area contributed by atoms with E-state index in [-0.39, 0.29) is 12.4 Å². The smallest absolute Gasteiger partial charge is 0.271 e. The van der Waals surface area contributed by atoms with E-state index in [4.69, 9.17) is 4.55 Å². The van der Waals surface area contributed by atoms with Gasteiger partial charge in [-0.15, -0.1) is 12.4 Å². The van der Waals surface area contributed by atoms with Crippen molar-refractivity contribution >= 4 is 22.5 Å². The molecule has 1 aromatic rings. The Bertz CT molecular complexity index is 347. The van der Waals surface area contributed by atoms with Crippen LogP contribution in [0.1, 0.15) is 17.7 Å². The third kappa shape index (κ3) is 3.34. The van der Waals surface area contributed by atoms with Crippen LogP contribution < -0.4 is 0 Å². The Labute approximate surface area is 83.9 Å². The summed E-state index contributed by atoms with van der Waals surface area (Å²) >= 11 is 0. The van der Waals surface area contributed by atoms with E-state index in [9.17, 15) is 8.42 Å². The predicted molar refractivity (Wildman–Crippen MR) is 53.7 cm³/mol. The monoisotopic (exact) mass is 222 g/mol. The summed E-state index contributed by atoms with van der Waals surface area (Å²) in [5.41, 5.74) is 0.597. The van der Waals surface area contributed by atoms with E-state index in [2.05, 4.69) is 0 Å². The van der Waals surface area contributed by atoms with E-state index in [0.717, 1.165) is 0 Å². The summed E-state index contributed by atoms with van der Waals surface area (Å²) in [6, 6.07) is 8.59. The van der Waals surface area contributed by atoms with E-state index < -0.39 is 15.4 Å². The fourth-order valence-electron chi connectivity index (χ4n) is 0.896. The SMILES string of the molecule is CC(c1ccccc1)S(=O)(=O)O.Cl. The van der Waals surface area contributed by atoms with Crippen LogP contribution in [-0.2, 0) is 10.1 Å². The van der Waals surface area contributed by atoms with Crippen molar-refractivity contribution in [1.29, 1.82) is 0 Å². The van der Waals surface area contributed by atoms with Crippen molar-refractivity contribution in [3.8, 4) is 0 Å². The average Bonchev–Trinajstić information content (AvgIpc) is 2.03. The molecule has 0 heterocycles. The van der Waals surface area contributed by atoms with Gasteiger partial charge in [0.15, 0.2) is 0 Å². The molecule has 3 nitrogen and oxygen atoms in total. The summed E-state index contributed by atoms with van der Waals surface area (Å²) in [7, 11) is -3.96. The molecule has 0 amide bonds. The highest BCUT2D eigenvalue weighted by molar-refractivity contribution is 7.86. The van der Waals surface area contributed by atoms with Crippen molar-refractivity contribution in [3.05, 3.63) is 35.9 Å².